The van der Waals surface area contributed by atoms with Gasteiger partial charge in [-0.2, -0.15) is 5.10 Å². The number of rotatable bonds is 5. The Morgan fingerprint density at radius 3 is 2.84 bits per heavy atom. The molecule has 1 aliphatic rings. The molecule has 3 atom stereocenters. The number of sulfone groups is 1. The van der Waals surface area contributed by atoms with E-state index in [1.54, 1.807) is 4.68 Å². The van der Waals surface area contributed by atoms with Gasteiger partial charge in [0.2, 0.25) is 0 Å². The van der Waals surface area contributed by atoms with Gasteiger partial charge >= 0.3 is 0 Å². The quantitative estimate of drug-likeness (QED) is 0.863. The van der Waals surface area contributed by atoms with Crippen molar-refractivity contribution >= 4 is 21.4 Å². The van der Waals surface area contributed by atoms with Crippen molar-refractivity contribution in [2.45, 2.75) is 44.3 Å². The van der Waals surface area contributed by atoms with Crippen molar-refractivity contribution in [3.05, 3.63) is 52.8 Å². The molecule has 25 heavy (non-hydrogen) atoms. The Labute approximate surface area is 154 Å². The maximum atomic E-state index is 11.3. The van der Waals surface area contributed by atoms with E-state index in [0.717, 1.165) is 23.4 Å². The molecule has 2 aromatic rings. The van der Waals surface area contributed by atoms with Gasteiger partial charge in [-0.25, -0.2) is 8.42 Å². The highest BCUT2D eigenvalue weighted by molar-refractivity contribution is 7.90. The summed E-state index contributed by atoms with van der Waals surface area (Å²) in [5.41, 5.74) is 2.38. The first-order chi connectivity index (χ1) is 11.8. The van der Waals surface area contributed by atoms with Gasteiger partial charge in [0.25, 0.3) is 0 Å². The number of hydrogen-bond donors (Lipinski definition) is 1. The van der Waals surface area contributed by atoms with Crippen LogP contribution in [0.5, 0.6) is 0 Å². The third-order valence-electron chi connectivity index (χ3n) is 4.71. The summed E-state index contributed by atoms with van der Waals surface area (Å²) in [5, 5.41) is 8.72. The Morgan fingerprint density at radius 1 is 1.32 bits per heavy atom. The van der Waals surface area contributed by atoms with E-state index in [2.05, 4.69) is 29.5 Å². The number of aryl methyl sites for hydroxylation is 1. The largest absolute Gasteiger partial charge is 0.307 e. The fraction of sp³-hybridized carbons (Fsp3) is 0.500. The molecule has 1 saturated heterocycles. The molecule has 1 aromatic heterocycles. The van der Waals surface area contributed by atoms with E-state index in [1.165, 1.54) is 11.8 Å². The van der Waals surface area contributed by atoms with Crippen LogP contribution in [-0.4, -0.2) is 36.2 Å². The first-order valence-electron chi connectivity index (χ1n) is 8.52. The second-order valence-corrected chi connectivity index (χ2v) is 9.71. The summed E-state index contributed by atoms with van der Waals surface area (Å²) in [7, 11) is -2.98. The van der Waals surface area contributed by atoms with Crippen molar-refractivity contribution in [3.8, 4) is 0 Å². The maximum absolute atomic E-state index is 11.3. The van der Waals surface area contributed by atoms with E-state index in [0.29, 0.717) is 18.5 Å². The van der Waals surface area contributed by atoms with Crippen molar-refractivity contribution in [2.24, 2.45) is 0 Å². The first kappa shape index (κ1) is 18.4. The Morgan fingerprint density at radius 2 is 2.12 bits per heavy atom. The van der Waals surface area contributed by atoms with Crippen molar-refractivity contribution in [1.82, 2.24) is 15.1 Å². The molecule has 0 saturated carbocycles. The molecule has 1 fully saturated rings. The number of benzene rings is 1. The van der Waals surface area contributed by atoms with Gasteiger partial charge in [0.15, 0.2) is 0 Å². The second kappa shape index (κ2) is 7.48. The summed E-state index contributed by atoms with van der Waals surface area (Å²) >= 11 is 6.15. The number of nitrogens with one attached hydrogen (secondary N) is 1. The van der Waals surface area contributed by atoms with Crippen molar-refractivity contribution < 1.29 is 8.42 Å². The predicted molar refractivity (Wildman–Crippen MR) is 101 cm³/mol. The first-order valence-corrected chi connectivity index (χ1v) is 11.0. The van der Waals surface area contributed by atoms with E-state index in [-0.39, 0.29) is 11.8 Å². The van der Waals surface area contributed by atoms with Crippen LogP contribution >= 0.6 is 11.6 Å². The van der Waals surface area contributed by atoms with Gasteiger partial charge in [-0.3, -0.25) is 4.68 Å². The second-order valence-electron chi connectivity index (χ2n) is 7.01. The molecule has 136 valence electrons. The lowest BCUT2D eigenvalue weighted by Crippen LogP contribution is -2.37. The normalized spacial score (nSPS) is 24.4. The molecule has 0 amide bonds. The van der Waals surface area contributed by atoms with Crippen LogP contribution in [0.1, 0.15) is 42.9 Å². The Bertz CT molecular complexity index is 834. The number of hydrogen-bond acceptors (Lipinski definition) is 4. The lowest BCUT2D eigenvalue weighted by molar-refractivity contribution is 0.306. The highest BCUT2D eigenvalue weighted by Gasteiger charge is 2.28. The minimum atomic E-state index is -2.98. The average molecular weight is 382 g/mol. The summed E-state index contributed by atoms with van der Waals surface area (Å²) in [6.07, 6.45) is 7.09. The standard InChI is InChI=1S/C18H24ClN3O2S/c1-13-8-15(14-4-3-5-17(19)9-14)10-18(21-13)16-11-20-22(12-16)6-7-25(2,23)24/h3-5,9,11-13,15,18,21H,6-8,10H2,1-2H3. The van der Waals surface area contributed by atoms with Gasteiger partial charge < -0.3 is 5.32 Å². The zero-order chi connectivity index (χ0) is 18.0. The van der Waals surface area contributed by atoms with Crippen molar-refractivity contribution in [1.29, 1.82) is 0 Å². The van der Waals surface area contributed by atoms with Gasteiger partial charge in [0.1, 0.15) is 9.84 Å². The molecule has 1 aliphatic heterocycles. The summed E-state index contributed by atoms with van der Waals surface area (Å²) < 4.78 is 24.4. The molecular weight excluding hydrogens is 358 g/mol. The Hall–Kier alpha value is -1.37. The Balaban J connectivity index is 1.72. The predicted octanol–water partition coefficient (Wildman–Crippen LogP) is 3.18. The van der Waals surface area contributed by atoms with E-state index < -0.39 is 9.84 Å². The summed E-state index contributed by atoms with van der Waals surface area (Å²) in [5.74, 6) is 0.549. The lowest BCUT2D eigenvalue weighted by atomic mass is 9.82. The molecule has 1 N–H and O–H groups in total. The minimum Gasteiger partial charge on any atom is -0.307 e. The fourth-order valence-corrected chi connectivity index (χ4v) is 4.21. The van der Waals surface area contributed by atoms with E-state index in [4.69, 9.17) is 11.6 Å². The van der Waals surface area contributed by atoms with Crippen LogP contribution in [-0.2, 0) is 16.4 Å². The van der Waals surface area contributed by atoms with Gasteiger partial charge in [0, 0.05) is 35.1 Å². The molecule has 1 aromatic carbocycles. The SMILES string of the molecule is CC1CC(c2cccc(Cl)c2)CC(c2cnn(CCS(C)(=O)=O)c2)N1. The number of nitrogens with zero attached hydrogens (tertiary/aromatic N) is 2. The topological polar surface area (TPSA) is 64.0 Å². The Kier molecular flexibility index (Phi) is 5.51. The number of aromatic nitrogens is 2. The fourth-order valence-electron chi connectivity index (χ4n) is 3.49. The van der Waals surface area contributed by atoms with Crippen molar-refractivity contribution in [3.63, 3.8) is 0 Å². The molecule has 7 heteroatoms. The number of halogens is 1. The van der Waals surface area contributed by atoms with Gasteiger partial charge in [-0.1, -0.05) is 23.7 Å². The lowest BCUT2D eigenvalue weighted by Gasteiger charge is -2.34. The molecule has 0 aliphatic carbocycles. The van der Waals surface area contributed by atoms with Crippen LogP contribution in [0.25, 0.3) is 0 Å². The van der Waals surface area contributed by atoms with E-state index in [9.17, 15) is 8.42 Å². The van der Waals surface area contributed by atoms with Crippen LogP contribution in [0.15, 0.2) is 36.7 Å². The molecular formula is C18H24ClN3O2S. The molecule has 0 radical (unpaired) electrons. The maximum Gasteiger partial charge on any atom is 0.149 e. The summed E-state index contributed by atoms with van der Waals surface area (Å²) in [6, 6.07) is 8.70. The molecule has 3 unspecified atom stereocenters. The van der Waals surface area contributed by atoms with Crippen LogP contribution < -0.4 is 5.32 Å². The average Bonchev–Trinajstić information content (AvgIpc) is 3.01. The van der Waals surface area contributed by atoms with Gasteiger partial charge in [-0.05, 0) is 43.4 Å². The molecule has 0 bridgehead atoms. The molecule has 2 heterocycles. The van der Waals surface area contributed by atoms with Gasteiger partial charge in [0.05, 0.1) is 18.5 Å². The molecule has 0 spiro atoms. The molecule has 3 rings (SSSR count). The van der Waals surface area contributed by atoms with Crippen LogP contribution in [0.4, 0.5) is 0 Å². The number of piperidine rings is 1. The van der Waals surface area contributed by atoms with Crippen LogP contribution in [0.3, 0.4) is 0 Å². The zero-order valence-electron chi connectivity index (χ0n) is 14.5. The van der Waals surface area contributed by atoms with Gasteiger partial charge in [-0.15, -0.1) is 0 Å². The van der Waals surface area contributed by atoms with Crippen LogP contribution in [0.2, 0.25) is 5.02 Å². The third-order valence-corrected chi connectivity index (χ3v) is 5.87. The highest BCUT2D eigenvalue weighted by Crippen LogP contribution is 2.37. The van der Waals surface area contributed by atoms with E-state index in [1.807, 2.05) is 24.5 Å². The van der Waals surface area contributed by atoms with Crippen LogP contribution in [0, 0.1) is 0 Å². The smallest absolute Gasteiger partial charge is 0.149 e. The summed E-state index contributed by atoms with van der Waals surface area (Å²) in [6.45, 7) is 2.58. The minimum absolute atomic E-state index is 0.105. The summed E-state index contributed by atoms with van der Waals surface area (Å²) in [4.78, 5) is 0. The third kappa shape index (κ3) is 5.06. The van der Waals surface area contributed by atoms with Crippen molar-refractivity contribution in [2.75, 3.05) is 12.0 Å². The highest BCUT2D eigenvalue weighted by atomic mass is 35.5. The van der Waals surface area contributed by atoms with E-state index >= 15 is 0 Å². The monoisotopic (exact) mass is 381 g/mol. The molecule has 5 nitrogen and oxygen atoms in total. The zero-order valence-corrected chi connectivity index (χ0v) is 16.1.